The number of carboxylic acids is 1. The Labute approximate surface area is 120 Å². The Hall–Kier alpha value is -1.10. The molecule has 1 saturated carbocycles. The summed E-state index contributed by atoms with van der Waals surface area (Å²) in [7, 11) is 0. The number of nitrogens with zero attached hydrogens (tertiary/aromatic N) is 1. The van der Waals surface area contributed by atoms with Crippen LogP contribution in [0.25, 0.3) is 0 Å². The molecule has 1 N–H and O–H groups in total. The molecule has 0 unspecified atom stereocenters. The number of hydrogen-bond acceptors (Lipinski definition) is 3. The summed E-state index contributed by atoms with van der Waals surface area (Å²) in [5, 5.41) is 9.36. The monoisotopic (exact) mass is 283 g/mol. The molecule has 114 valence electrons. The number of amides is 1. The molecule has 2 rings (SSSR count). The van der Waals surface area contributed by atoms with Gasteiger partial charge in [0.2, 0.25) is 5.91 Å². The highest BCUT2D eigenvalue weighted by Gasteiger charge is 2.28. The summed E-state index contributed by atoms with van der Waals surface area (Å²) >= 11 is 0. The third kappa shape index (κ3) is 4.47. The van der Waals surface area contributed by atoms with E-state index >= 15 is 0 Å². The Morgan fingerprint density at radius 2 is 1.80 bits per heavy atom. The topological polar surface area (TPSA) is 66.8 Å². The van der Waals surface area contributed by atoms with Crippen LogP contribution in [0, 0.1) is 11.8 Å². The zero-order valence-electron chi connectivity index (χ0n) is 12.1. The van der Waals surface area contributed by atoms with Crippen LogP contribution in [0.4, 0.5) is 0 Å². The fraction of sp³-hybridized carbons (Fsp3) is 0.867. The summed E-state index contributed by atoms with van der Waals surface area (Å²) in [4.78, 5) is 25.3. The molecule has 2 fully saturated rings. The molecule has 1 amide bonds. The van der Waals surface area contributed by atoms with E-state index < -0.39 is 11.9 Å². The molecule has 0 aromatic heterocycles. The highest BCUT2D eigenvalue weighted by molar-refractivity contribution is 5.82. The molecule has 1 saturated heterocycles. The van der Waals surface area contributed by atoms with Crippen molar-refractivity contribution >= 4 is 11.9 Å². The van der Waals surface area contributed by atoms with Crippen LogP contribution in [0.1, 0.15) is 44.9 Å². The zero-order valence-corrected chi connectivity index (χ0v) is 12.1. The summed E-state index contributed by atoms with van der Waals surface area (Å²) in [5.41, 5.74) is 0. The standard InChI is InChI=1S/C15H25NO4/c17-14(16-6-8-20-9-7-16)11-13(15(18)19)10-12-4-2-1-3-5-12/h12-13H,1-11H2,(H,18,19)/t13-/m1/s1. The molecule has 0 aromatic carbocycles. The van der Waals surface area contributed by atoms with Crippen molar-refractivity contribution in [1.29, 1.82) is 0 Å². The number of carbonyl (C=O) groups excluding carboxylic acids is 1. The highest BCUT2D eigenvalue weighted by atomic mass is 16.5. The van der Waals surface area contributed by atoms with Crippen LogP contribution in [0.15, 0.2) is 0 Å². The van der Waals surface area contributed by atoms with Crippen molar-refractivity contribution in [3.8, 4) is 0 Å². The fourth-order valence-corrected chi connectivity index (χ4v) is 3.25. The lowest BCUT2D eigenvalue weighted by Gasteiger charge is -2.29. The quantitative estimate of drug-likeness (QED) is 0.837. The second-order valence-corrected chi connectivity index (χ2v) is 5.97. The predicted octanol–water partition coefficient (Wildman–Crippen LogP) is 1.91. The lowest BCUT2D eigenvalue weighted by Crippen LogP contribution is -2.42. The van der Waals surface area contributed by atoms with E-state index in [0.717, 1.165) is 12.8 Å². The van der Waals surface area contributed by atoms with Crippen LogP contribution >= 0.6 is 0 Å². The van der Waals surface area contributed by atoms with Gasteiger partial charge in [-0.25, -0.2) is 0 Å². The average Bonchev–Trinajstić information content (AvgIpc) is 2.48. The lowest BCUT2D eigenvalue weighted by molar-refractivity contribution is -0.148. The van der Waals surface area contributed by atoms with Gasteiger partial charge in [-0.3, -0.25) is 9.59 Å². The number of aliphatic carboxylic acids is 1. The molecule has 5 heteroatoms. The first-order chi connectivity index (χ1) is 9.66. The molecule has 5 nitrogen and oxygen atoms in total. The summed E-state index contributed by atoms with van der Waals surface area (Å²) in [6.45, 7) is 2.31. The maximum Gasteiger partial charge on any atom is 0.307 e. The van der Waals surface area contributed by atoms with E-state index in [-0.39, 0.29) is 12.3 Å². The van der Waals surface area contributed by atoms with Gasteiger partial charge in [0.25, 0.3) is 0 Å². The van der Waals surface area contributed by atoms with Crippen molar-refractivity contribution in [3.63, 3.8) is 0 Å². The molecule has 0 radical (unpaired) electrons. The number of ether oxygens (including phenoxy) is 1. The van der Waals surface area contributed by atoms with Crippen LogP contribution in [-0.4, -0.2) is 48.2 Å². The lowest BCUT2D eigenvalue weighted by atomic mass is 9.81. The van der Waals surface area contributed by atoms with Gasteiger partial charge in [-0.05, 0) is 12.3 Å². The fourth-order valence-electron chi connectivity index (χ4n) is 3.25. The van der Waals surface area contributed by atoms with E-state index in [4.69, 9.17) is 4.74 Å². The molecule has 1 atom stereocenters. The summed E-state index contributed by atoms with van der Waals surface area (Å²) in [6, 6.07) is 0. The van der Waals surface area contributed by atoms with Crippen molar-refractivity contribution in [3.05, 3.63) is 0 Å². The maximum absolute atomic E-state index is 12.2. The first kappa shape index (κ1) is 15.3. The number of hydrogen-bond donors (Lipinski definition) is 1. The molecule has 2 aliphatic rings. The van der Waals surface area contributed by atoms with Gasteiger partial charge in [0, 0.05) is 19.5 Å². The Kier molecular flexibility index (Phi) is 5.83. The van der Waals surface area contributed by atoms with E-state index in [0.29, 0.717) is 38.6 Å². The molecule has 1 heterocycles. The van der Waals surface area contributed by atoms with Crippen LogP contribution in [0.2, 0.25) is 0 Å². The van der Waals surface area contributed by atoms with Crippen LogP contribution in [0.5, 0.6) is 0 Å². The van der Waals surface area contributed by atoms with Crippen LogP contribution < -0.4 is 0 Å². The first-order valence-electron chi connectivity index (χ1n) is 7.75. The van der Waals surface area contributed by atoms with Crippen molar-refractivity contribution in [1.82, 2.24) is 4.90 Å². The minimum absolute atomic E-state index is 0.0310. The molecule has 0 spiro atoms. The van der Waals surface area contributed by atoms with Gasteiger partial charge in [0.05, 0.1) is 19.1 Å². The smallest absolute Gasteiger partial charge is 0.307 e. The van der Waals surface area contributed by atoms with E-state index in [9.17, 15) is 14.7 Å². The van der Waals surface area contributed by atoms with E-state index in [2.05, 4.69) is 0 Å². The Morgan fingerprint density at radius 3 is 2.40 bits per heavy atom. The van der Waals surface area contributed by atoms with E-state index in [1.807, 2.05) is 0 Å². The summed E-state index contributed by atoms with van der Waals surface area (Å²) < 4.78 is 5.21. The average molecular weight is 283 g/mol. The van der Waals surface area contributed by atoms with E-state index in [1.165, 1.54) is 19.3 Å². The highest BCUT2D eigenvalue weighted by Crippen LogP contribution is 2.30. The number of carboxylic acid groups (broad SMARTS) is 1. The predicted molar refractivity (Wildman–Crippen MR) is 74.3 cm³/mol. The first-order valence-corrected chi connectivity index (χ1v) is 7.75. The molecule has 0 bridgehead atoms. The van der Waals surface area contributed by atoms with Gasteiger partial charge in [-0.1, -0.05) is 32.1 Å². The molecule has 20 heavy (non-hydrogen) atoms. The van der Waals surface area contributed by atoms with Gasteiger partial charge in [0.1, 0.15) is 0 Å². The van der Waals surface area contributed by atoms with E-state index in [1.54, 1.807) is 4.90 Å². The number of rotatable bonds is 5. The van der Waals surface area contributed by atoms with Gasteiger partial charge in [-0.2, -0.15) is 0 Å². The van der Waals surface area contributed by atoms with Gasteiger partial charge in [-0.15, -0.1) is 0 Å². The Morgan fingerprint density at radius 1 is 1.15 bits per heavy atom. The van der Waals surface area contributed by atoms with Crippen molar-refractivity contribution in [2.75, 3.05) is 26.3 Å². The molecular weight excluding hydrogens is 258 g/mol. The zero-order chi connectivity index (χ0) is 14.4. The minimum Gasteiger partial charge on any atom is -0.481 e. The van der Waals surface area contributed by atoms with Crippen LogP contribution in [0.3, 0.4) is 0 Å². The minimum atomic E-state index is -0.822. The summed E-state index contributed by atoms with van der Waals surface area (Å²) in [6.07, 6.45) is 6.71. The third-order valence-corrected chi connectivity index (χ3v) is 4.48. The van der Waals surface area contributed by atoms with Crippen molar-refractivity contribution < 1.29 is 19.4 Å². The third-order valence-electron chi connectivity index (χ3n) is 4.48. The van der Waals surface area contributed by atoms with Gasteiger partial charge < -0.3 is 14.7 Å². The van der Waals surface area contributed by atoms with Crippen LogP contribution in [-0.2, 0) is 14.3 Å². The maximum atomic E-state index is 12.2. The number of morpholine rings is 1. The Bertz CT molecular complexity index is 333. The molecule has 0 aromatic rings. The Balaban J connectivity index is 1.84. The molecule has 1 aliphatic carbocycles. The SMILES string of the molecule is O=C(O)[C@@H](CC(=O)N1CCOCC1)CC1CCCCC1. The summed E-state index contributed by atoms with van der Waals surface area (Å²) in [5.74, 6) is -0.885. The molecule has 1 aliphatic heterocycles. The largest absolute Gasteiger partial charge is 0.481 e. The van der Waals surface area contributed by atoms with Crippen molar-refractivity contribution in [2.24, 2.45) is 11.8 Å². The second-order valence-electron chi connectivity index (χ2n) is 5.97. The van der Waals surface area contributed by atoms with Gasteiger partial charge >= 0.3 is 5.97 Å². The molecular formula is C15H25NO4. The number of carbonyl (C=O) groups is 2. The van der Waals surface area contributed by atoms with Gasteiger partial charge in [0.15, 0.2) is 0 Å². The second kappa shape index (κ2) is 7.62. The normalized spacial score (nSPS) is 22.5. The van der Waals surface area contributed by atoms with Crippen molar-refractivity contribution in [2.45, 2.75) is 44.9 Å².